The molecule has 4 rings (SSSR count). The van der Waals surface area contributed by atoms with E-state index in [1.165, 1.54) is 0 Å². The number of amides is 1. The van der Waals surface area contributed by atoms with Crippen LogP contribution in [0.1, 0.15) is 24.2 Å². The van der Waals surface area contributed by atoms with Gasteiger partial charge in [0, 0.05) is 13.0 Å². The average Bonchev–Trinajstić information content (AvgIpc) is 3.02. The Balaban J connectivity index is 1.42. The fraction of sp³-hybridized carbons (Fsp3) is 0.300. The molecule has 1 amide bonds. The molecular formula is C20H21N3O2. The van der Waals surface area contributed by atoms with E-state index >= 15 is 0 Å². The molecule has 5 nitrogen and oxygen atoms in total. The molecule has 0 bridgehead atoms. The first-order valence-electron chi connectivity index (χ1n) is 8.63. The molecule has 25 heavy (non-hydrogen) atoms. The van der Waals surface area contributed by atoms with E-state index < -0.39 is 11.5 Å². The molecule has 1 heterocycles. The van der Waals surface area contributed by atoms with Crippen molar-refractivity contribution in [3.8, 4) is 0 Å². The lowest BCUT2D eigenvalue weighted by molar-refractivity contribution is -0.135. The van der Waals surface area contributed by atoms with Gasteiger partial charge in [-0.15, -0.1) is 0 Å². The molecule has 1 aromatic heterocycles. The van der Waals surface area contributed by atoms with E-state index in [2.05, 4.69) is 15.3 Å². The minimum absolute atomic E-state index is 0.0138. The molecule has 0 aliphatic heterocycles. The number of fused-ring (bicyclic) bond motifs is 1. The third-order valence-electron chi connectivity index (χ3n) is 5.01. The molecule has 1 fully saturated rings. The lowest BCUT2D eigenvalue weighted by Gasteiger charge is -2.44. The highest BCUT2D eigenvalue weighted by Gasteiger charge is 2.50. The second-order valence-electron chi connectivity index (χ2n) is 6.72. The van der Waals surface area contributed by atoms with E-state index in [9.17, 15) is 9.90 Å². The van der Waals surface area contributed by atoms with Gasteiger partial charge in [0.2, 0.25) is 5.91 Å². The molecule has 0 saturated heterocycles. The van der Waals surface area contributed by atoms with Gasteiger partial charge in [-0.25, -0.2) is 4.98 Å². The van der Waals surface area contributed by atoms with Gasteiger partial charge in [-0.2, -0.15) is 0 Å². The summed E-state index contributed by atoms with van der Waals surface area (Å²) in [4.78, 5) is 20.6. The summed E-state index contributed by atoms with van der Waals surface area (Å²) in [6.07, 6.45) is 1.20. The Hall–Kier alpha value is -2.66. The smallest absolute Gasteiger partial charge is 0.230 e. The van der Waals surface area contributed by atoms with Crippen molar-refractivity contribution in [3.05, 3.63) is 66.0 Å². The van der Waals surface area contributed by atoms with Gasteiger partial charge in [-0.1, -0.05) is 42.5 Å². The van der Waals surface area contributed by atoms with Crippen LogP contribution in [0.5, 0.6) is 0 Å². The Labute approximate surface area is 146 Å². The van der Waals surface area contributed by atoms with Crippen molar-refractivity contribution in [1.29, 1.82) is 0 Å². The van der Waals surface area contributed by atoms with Crippen LogP contribution in [0.15, 0.2) is 54.6 Å². The normalized spacial score (nSPS) is 22.5. The van der Waals surface area contributed by atoms with Crippen LogP contribution < -0.4 is 5.32 Å². The number of carbonyl (C=O) groups excluding carboxylic acids is 1. The monoisotopic (exact) mass is 335 g/mol. The number of aliphatic hydroxyl groups is 1. The predicted molar refractivity (Wildman–Crippen MR) is 96.2 cm³/mol. The zero-order valence-electron chi connectivity index (χ0n) is 13.9. The first-order chi connectivity index (χ1) is 12.2. The van der Waals surface area contributed by atoms with E-state index in [1.807, 2.05) is 54.6 Å². The number of nitrogens with zero attached hydrogens (tertiary/aromatic N) is 1. The molecule has 1 saturated carbocycles. The molecule has 0 unspecified atom stereocenters. The van der Waals surface area contributed by atoms with Crippen molar-refractivity contribution in [3.63, 3.8) is 0 Å². The van der Waals surface area contributed by atoms with Crippen LogP contribution in [0, 0.1) is 0 Å². The number of para-hydroxylation sites is 2. The fourth-order valence-electron chi connectivity index (χ4n) is 3.64. The number of hydrogen-bond acceptors (Lipinski definition) is 3. The van der Waals surface area contributed by atoms with Gasteiger partial charge in [0.25, 0.3) is 0 Å². The van der Waals surface area contributed by atoms with Crippen molar-refractivity contribution in [2.24, 2.45) is 0 Å². The van der Waals surface area contributed by atoms with Gasteiger partial charge in [0.15, 0.2) is 0 Å². The minimum atomic E-state index is -0.603. The molecule has 1 aliphatic carbocycles. The number of rotatable bonds is 5. The molecule has 0 spiro atoms. The van der Waals surface area contributed by atoms with Crippen LogP contribution in [0.25, 0.3) is 11.0 Å². The quantitative estimate of drug-likeness (QED) is 0.669. The van der Waals surface area contributed by atoms with Gasteiger partial charge in [0.1, 0.15) is 5.82 Å². The van der Waals surface area contributed by atoms with Crippen LogP contribution in [-0.2, 0) is 16.6 Å². The Kier molecular flexibility index (Phi) is 4.01. The summed E-state index contributed by atoms with van der Waals surface area (Å²) in [5.41, 5.74) is 2.31. The van der Waals surface area contributed by atoms with E-state index in [-0.39, 0.29) is 5.91 Å². The van der Waals surface area contributed by atoms with Crippen LogP contribution in [0.4, 0.5) is 0 Å². The minimum Gasteiger partial charge on any atom is -0.393 e. The number of aromatic amines is 1. The highest BCUT2D eigenvalue weighted by molar-refractivity contribution is 5.89. The number of hydrogen-bond donors (Lipinski definition) is 3. The Morgan fingerprint density at radius 2 is 1.88 bits per heavy atom. The van der Waals surface area contributed by atoms with Crippen LogP contribution in [0.2, 0.25) is 0 Å². The molecule has 1 aliphatic rings. The molecule has 2 aromatic carbocycles. The lowest BCUT2D eigenvalue weighted by Crippen LogP contribution is -2.55. The predicted octanol–water partition coefficient (Wildman–Crippen LogP) is 2.31. The highest BCUT2D eigenvalue weighted by Crippen LogP contribution is 2.44. The molecule has 128 valence electrons. The number of carbonyl (C=O) groups is 1. The largest absolute Gasteiger partial charge is 0.393 e. The average molecular weight is 335 g/mol. The number of aromatic nitrogens is 2. The third kappa shape index (κ3) is 2.91. The molecule has 0 radical (unpaired) electrons. The van der Waals surface area contributed by atoms with E-state index in [0.717, 1.165) is 22.4 Å². The summed E-state index contributed by atoms with van der Waals surface area (Å²) in [5, 5.41) is 12.8. The van der Waals surface area contributed by atoms with E-state index in [0.29, 0.717) is 25.8 Å². The summed E-state index contributed by atoms with van der Waals surface area (Å²) in [7, 11) is 0. The van der Waals surface area contributed by atoms with Crippen molar-refractivity contribution in [2.45, 2.75) is 30.8 Å². The molecule has 3 aromatic rings. The van der Waals surface area contributed by atoms with E-state index in [4.69, 9.17) is 0 Å². The lowest BCUT2D eigenvalue weighted by atomic mass is 9.62. The maximum atomic E-state index is 12.8. The second kappa shape index (κ2) is 6.33. The fourth-order valence-corrected chi connectivity index (χ4v) is 3.64. The Bertz CT molecular complexity index is 849. The number of imidazole rings is 1. The summed E-state index contributed by atoms with van der Waals surface area (Å²) < 4.78 is 0. The van der Waals surface area contributed by atoms with Crippen molar-refractivity contribution < 1.29 is 9.90 Å². The summed E-state index contributed by atoms with van der Waals surface area (Å²) >= 11 is 0. The van der Waals surface area contributed by atoms with Crippen LogP contribution in [0.3, 0.4) is 0 Å². The van der Waals surface area contributed by atoms with Crippen LogP contribution in [-0.4, -0.2) is 33.6 Å². The third-order valence-corrected chi connectivity index (χ3v) is 5.01. The van der Waals surface area contributed by atoms with E-state index in [1.54, 1.807) is 0 Å². The Morgan fingerprint density at radius 3 is 2.60 bits per heavy atom. The zero-order valence-corrected chi connectivity index (χ0v) is 13.9. The standard InChI is InChI=1S/C20H21N3O2/c24-15-12-20(13-15,14-6-2-1-3-7-14)19(25)21-11-10-18-22-16-8-4-5-9-17(16)23-18/h1-9,15,24H,10-13H2,(H,21,25)(H,22,23). The first-order valence-corrected chi connectivity index (χ1v) is 8.63. The Morgan fingerprint density at radius 1 is 1.16 bits per heavy atom. The topological polar surface area (TPSA) is 78.0 Å². The summed E-state index contributed by atoms with van der Waals surface area (Å²) in [6, 6.07) is 17.6. The SMILES string of the molecule is O=C(NCCc1nc2ccccc2[nH]1)C1(c2ccccc2)CC(O)C1. The van der Waals surface area contributed by atoms with Crippen molar-refractivity contribution in [1.82, 2.24) is 15.3 Å². The van der Waals surface area contributed by atoms with Gasteiger partial charge in [-0.3, -0.25) is 4.79 Å². The number of benzene rings is 2. The summed E-state index contributed by atoms with van der Waals surface area (Å²) in [6.45, 7) is 0.517. The number of H-pyrrole nitrogens is 1. The van der Waals surface area contributed by atoms with Crippen molar-refractivity contribution >= 4 is 16.9 Å². The highest BCUT2D eigenvalue weighted by atomic mass is 16.3. The molecule has 0 atom stereocenters. The molecule has 5 heteroatoms. The van der Waals surface area contributed by atoms with Gasteiger partial charge in [-0.05, 0) is 30.5 Å². The molecular weight excluding hydrogens is 314 g/mol. The second-order valence-corrected chi connectivity index (χ2v) is 6.72. The number of nitrogens with one attached hydrogen (secondary N) is 2. The van der Waals surface area contributed by atoms with Crippen molar-refractivity contribution in [2.75, 3.05) is 6.54 Å². The van der Waals surface area contributed by atoms with Gasteiger partial charge < -0.3 is 15.4 Å². The maximum absolute atomic E-state index is 12.8. The number of aliphatic hydroxyl groups excluding tert-OH is 1. The maximum Gasteiger partial charge on any atom is 0.230 e. The van der Waals surface area contributed by atoms with Crippen LogP contribution >= 0.6 is 0 Å². The van der Waals surface area contributed by atoms with Gasteiger partial charge >= 0.3 is 0 Å². The van der Waals surface area contributed by atoms with Gasteiger partial charge in [0.05, 0.1) is 22.6 Å². The first kappa shape index (κ1) is 15.8. The summed E-state index contributed by atoms with van der Waals surface area (Å²) in [5.74, 6) is 0.851. The zero-order chi connectivity index (χ0) is 17.3. The molecule has 3 N–H and O–H groups in total.